The van der Waals surface area contributed by atoms with Crippen molar-refractivity contribution in [1.29, 1.82) is 0 Å². The fraction of sp³-hybridized carbons (Fsp3) is 0.389. The highest BCUT2D eigenvalue weighted by Gasteiger charge is 2.14. The molecule has 0 spiro atoms. The van der Waals surface area contributed by atoms with Crippen molar-refractivity contribution in [3.63, 3.8) is 0 Å². The van der Waals surface area contributed by atoms with Crippen molar-refractivity contribution < 1.29 is 14.3 Å². The van der Waals surface area contributed by atoms with E-state index in [4.69, 9.17) is 9.47 Å². The van der Waals surface area contributed by atoms with Crippen LogP contribution in [0.4, 0.5) is 11.6 Å². The number of unbranched alkanes of at least 4 members (excludes halogenated alkanes) is 1. The maximum absolute atomic E-state index is 12.4. The third-order valence-electron chi connectivity index (χ3n) is 3.71. The van der Waals surface area contributed by atoms with Crippen LogP contribution in [0.15, 0.2) is 30.5 Å². The Hall–Kier alpha value is -2.83. The summed E-state index contributed by atoms with van der Waals surface area (Å²) in [6.07, 6.45) is 3.56. The van der Waals surface area contributed by atoms with Crippen molar-refractivity contribution in [3.8, 4) is 11.5 Å². The molecule has 7 heteroatoms. The molecule has 0 unspecified atom stereocenters. The summed E-state index contributed by atoms with van der Waals surface area (Å²) in [7, 11) is 4.93. The van der Waals surface area contributed by atoms with E-state index >= 15 is 0 Å². The number of carbonyl (C=O) groups excluding carboxylic acids is 1. The Morgan fingerprint density at radius 2 is 1.96 bits per heavy atom. The smallest absolute Gasteiger partial charge is 0.272 e. The Labute approximate surface area is 148 Å². The van der Waals surface area contributed by atoms with Crippen molar-refractivity contribution >= 4 is 17.5 Å². The predicted octanol–water partition coefficient (Wildman–Crippen LogP) is 3.11. The van der Waals surface area contributed by atoms with Crippen molar-refractivity contribution in [2.45, 2.75) is 19.8 Å². The summed E-state index contributed by atoms with van der Waals surface area (Å²) in [5, 5.41) is 3.08. The molecular weight excluding hydrogens is 320 g/mol. The normalized spacial score (nSPS) is 10.2. The molecule has 1 amide bonds. The van der Waals surface area contributed by atoms with Crippen LogP contribution >= 0.6 is 0 Å². The van der Waals surface area contributed by atoms with Gasteiger partial charge in [0.15, 0.2) is 11.5 Å². The van der Waals surface area contributed by atoms with Gasteiger partial charge in [-0.1, -0.05) is 13.3 Å². The van der Waals surface area contributed by atoms with E-state index in [-0.39, 0.29) is 5.91 Å². The highest BCUT2D eigenvalue weighted by Crippen LogP contribution is 2.30. The largest absolute Gasteiger partial charge is 0.493 e. The summed E-state index contributed by atoms with van der Waals surface area (Å²) in [4.78, 5) is 22.6. The van der Waals surface area contributed by atoms with Crippen molar-refractivity contribution in [2.75, 3.05) is 33.1 Å². The molecular formula is C18H24N4O3. The predicted molar refractivity (Wildman–Crippen MR) is 96.7 cm³/mol. The van der Waals surface area contributed by atoms with E-state index in [0.717, 1.165) is 18.5 Å². The summed E-state index contributed by atoms with van der Waals surface area (Å²) < 4.78 is 10.5. The van der Waals surface area contributed by atoms with Crippen molar-refractivity contribution in [1.82, 2.24) is 14.9 Å². The first-order valence-electron chi connectivity index (χ1n) is 8.16. The molecule has 0 aliphatic heterocycles. The van der Waals surface area contributed by atoms with Gasteiger partial charge in [0, 0.05) is 31.5 Å². The van der Waals surface area contributed by atoms with Gasteiger partial charge in [0.1, 0.15) is 5.69 Å². The number of nitrogens with zero attached hydrogens (tertiary/aromatic N) is 3. The van der Waals surface area contributed by atoms with Crippen LogP contribution in [0.25, 0.3) is 0 Å². The Morgan fingerprint density at radius 1 is 1.20 bits per heavy atom. The number of ether oxygens (including phenoxy) is 2. The lowest BCUT2D eigenvalue weighted by Crippen LogP contribution is -2.28. The second-order valence-electron chi connectivity index (χ2n) is 5.54. The van der Waals surface area contributed by atoms with E-state index in [1.54, 1.807) is 50.6 Å². The molecule has 0 fully saturated rings. The summed E-state index contributed by atoms with van der Waals surface area (Å²) >= 11 is 0. The zero-order valence-electron chi connectivity index (χ0n) is 15.1. The van der Waals surface area contributed by atoms with Gasteiger partial charge in [0.05, 0.1) is 14.2 Å². The summed E-state index contributed by atoms with van der Waals surface area (Å²) in [6, 6.07) is 7.01. The number of hydrogen-bond donors (Lipinski definition) is 1. The highest BCUT2D eigenvalue weighted by molar-refractivity contribution is 5.92. The van der Waals surface area contributed by atoms with E-state index in [0.29, 0.717) is 29.7 Å². The lowest BCUT2D eigenvalue weighted by molar-refractivity contribution is 0.0787. The number of anilines is 2. The molecule has 0 radical (unpaired) electrons. The van der Waals surface area contributed by atoms with Gasteiger partial charge in [0.25, 0.3) is 5.91 Å². The number of amides is 1. The third-order valence-corrected chi connectivity index (χ3v) is 3.71. The number of carbonyl (C=O) groups is 1. The lowest BCUT2D eigenvalue weighted by atomic mass is 10.2. The molecule has 0 saturated heterocycles. The van der Waals surface area contributed by atoms with Crippen molar-refractivity contribution in [2.24, 2.45) is 0 Å². The average Bonchev–Trinajstić information content (AvgIpc) is 2.65. The molecule has 1 aromatic carbocycles. The highest BCUT2D eigenvalue weighted by atomic mass is 16.5. The number of nitrogens with one attached hydrogen (secondary N) is 1. The van der Waals surface area contributed by atoms with Gasteiger partial charge in [-0.25, -0.2) is 9.97 Å². The molecule has 2 aromatic rings. The first-order chi connectivity index (χ1) is 12.1. The fourth-order valence-electron chi connectivity index (χ4n) is 2.27. The maximum Gasteiger partial charge on any atom is 0.272 e. The van der Waals surface area contributed by atoms with Crippen LogP contribution in [0, 0.1) is 0 Å². The SMILES string of the molecule is CCCCN(C)C(=O)c1ccnc(Nc2ccc(OC)c(OC)c2)n1. The van der Waals surface area contributed by atoms with Gasteiger partial charge < -0.3 is 19.7 Å². The van der Waals surface area contributed by atoms with Crippen LogP contribution in [0.3, 0.4) is 0 Å². The van der Waals surface area contributed by atoms with Gasteiger partial charge in [-0.3, -0.25) is 4.79 Å². The molecule has 0 atom stereocenters. The van der Waals surface area contributed by atoms with Crippen LogP contribution in [0.2, 0.25) is 0 Å². The van der Waals surface area contributed by atoms with Crippen LogP contribution in [-0.4, -0.2) is 48.6 Å². The average molecular weight is 344 g/mol. The van der Waals surface area contributed by atoms with Gasteiger partial charge >= 0.3 is 0 Å². The standard InChI is InChI=1S/C18H24N4O3/c1-5-6-11-22(2)17(23)14-9-10-19-18(21-14)20-13-7-8-15(24-3)16(12-13)25-4/h7-10,12H,5-6,11H2,1-4H3,(H,19,20,21). The quantitative estimate of drug-likeness (QED) is 0.793. The Balaban J connectivity index is 2.15. The van der Waals surface area contributed by atoms with Crippen LogP contribution in [-0.2, 0) is 0 Å². The Bertz CT molecular complexity index is 721. The molecule has 0 aliphatic rings. The minimum atomic E-state index is -0.119. The van der Waals surface area contributed by atoms with Gasteiger partial charge in [0.2, 0.25) is 5.95 Å². The van der Waals surface area contributed by atoms with Gasteiger partial charge in [-0.05, 0) is 24.6 Å². The molecule has 0 aliphatic carbocycles. The van der Waals surface area contributed by atoms with Gasteiger partial charge in [-0.2, -0.15) is 0 Å². The molecule has 2 rings (SSSR count). The zero-order valence-corrected chi connectivity index (χ0v) is 15.1. The Morgan fingerprint density at radius 3 is 2.64 bits per heavy atom. The van der Waals surface area contributed by atoms with Crippen LogP contribution < -0.4 is 14.8 Å². The van der Waals surface area contributed by atoms with E-state index in [1.165, 1.54) is 0 Å². The second-order valence-corrected chi connectivity index (χ2v) is 5.54. The fourth-order valence-corrected chi connectivity index (χ4v) is 2.27. The topological polar surface area (TPSA) is 76.6 Å². The second kappa shape index (κ2) is 8.86. The lowest BCUT2D eigenvalue weighted by Gasteiger charge is -2.16. The molecule has 7 nitrogen and oxygen atoms in total. The molecule has 134 valence electrons. The first-order valence-corrected chi connectivity index (χ1v) is 8.16. The first kappa shape index (κ1) is 18.5. The molecule has 0 bridgehead atoms. The molecule has 25 heavy (non-hydrogen) atoms. The summed E-state index contributed by atoms with van der Waals surface area (Å²) in [5.41, 5.74) is 1.10. The van der Waals surface area contributed by atoms with Crippen molar-refractivity contribution in [3.05, 3.63) is 36.2 Å². The number of aromatic nitrogens is 2. The molecule has 1 aromatic heterocycles. The summed E-state index contributed by atoms with van der Waals surface area (Å²) in [6.45, 7) is 2.80. The number of hydrogen-bond acceptors (Lipinski definition) is 6. The number of methoxy groups -OCH3 is 2. The van der Waals surface area contributed by atoms with Gasteiger partial charge in [-0.15, -0.1) is 0 Å². The molecule has 1 heterocycles. The summed E-state index contributed by atoms with van der Waals surface area (Å²) in [5.74, 6) is 1.46. The van der Waals surface area contributed by atoms with E-state index in [9.17, 15) is 4.79 Å². The molecule has 1 N–H and O–H groups in total. The minimum absolute atomic E-state index is 0.119. The third kappa shape index (κ3) is 4.82. The monoisotopic (exact) mass is 344 g/mol. The maximum atomic E-state index is 12.4. The minimum Gasteiger partial charge on any atom is -0.493 e. The Kier molecular flexibility index (Phi) is 6.56. The van der Waals surface area contributed by atoms with Crippen LogP contribution in [0.1, 0.15) is 30.3 Å². The van der Waals surface area contributed by atoms with E-state index in [2.05, 4.69) is 22.2 Å². The zero-order chi connectivity index (χ0) is 18.2. The van der Waals surface area contributed by atoms with E-state index in [1.807, 2.05) is 6.07 Å². The number of rotatable bonds is 8. The van der Waals surface area contributed by atoms with Crippen LogP contribution in [0.5, 0.6) is 11.5 Å². The van der Waals surface area contributed by atoms with E-state index < -0.39 is 0 Å². The molecule has 0 saturated carbocycles. The number of benzene rings is 1.